The quantitative estimate of drug-likeness (QED) is 0.590. The monoisotopic (exact) mass is 168 g/mol. The minimum absolute atomic E-state index is 0.391. The van der Waals surface area contributed by atoms with Crippen LogP contribution in [-0.4, -0.2) is 20.0 Å². The van der Waals surface area contributed by atoms with Crippen molar-refractivity contribution in [3.63, 3.8) is 0 Å². The number of hydrogen-bond acceptors (Lipinski definition) is 3. The third-order valence-corrected chi connectivity index (χ3v) is 1.76. The van der Waals surface area contributed by atoms with E-state index in [1.54, 1.807) is 17.1 Å². The fourth-order valence-corrected chi connectivity index (χ4v) is 1.27. The highest BCUT2D eigenvalue weighted by Crippen LogP contribution is 2.17. The molecule has 2 heterocycles. The Morgan fingerprint density at radius 2 is 2.27 bits per heavy atom. The minimum Gasteiger partial charge on any atom is -0.265 e. The van der Waals surface area contributed by atoms with Gasteiger partial charge in [-0.3, -0.25) is 4.68 Å². The molecule has 0 saturated heterocycles. The van der Waals surface area contributed by atoms with Crippen molar-refractivity contribution >= 4 is 22.5 Å². The van der Waals surface area contributed by atoms with Gasteiger partial charge < -0.3 is 0 Å². The van der Waals surface area contributed by atoms with Crippen LogP contribution in [0.2, 0.25) is 5.15 Å². The van der Waals surface area contributed by atoms with Crippen LogP contribution in [0.1, 0.15) is 0 Å². The number of nitrogens with zero attached hydrogens (tertiary/aromatic N) is 4. The van der Waals surface area contributed by atoms with Gasteiger partial charge in [-0.15, -0.1) is 5.10 Å². The maximum Gasteiger partial charge on any atom is 0.177 e. The maximum absolute atomic E-state index is 5.77. The van der Waals surface area contributed by atoms with Crippen LogP contribution in [0.4, 0.5) is 0 Å². The lowest BCUT2D eigenvalue weighted by atomic mass is 10.4. The summed E-state index contributed by atoms with van der Waals surface area (Å²) in [7, 11) is 1.82. The first kappa shape index (κ1) is 6.54. The first-order chi connectivity index (χ1) is 5.29. The van der Waals surface area contributed by atoms with E-state index in [4.69, 9.17) is 11.6 Å². The van der Waals surface area contributed by atoms with E-state index in [-0.39, 0.29) is 0 Å². The molecule has 5 heteroatoms. The Hall–Kier alpha value is -1.16. The largest absolute Gasteiger partial charge is 0.265 e. The normalized spacial score (nSPS) is 10.7. The van der Waals surface area contributed by atoms with Crippen LogP contribution in [0.5, 0.6) is 0 Å². The van der Waals surface area contributed by atoms with E-state index in [1.165, 1.54) is 0 Å². The summed E-state index contributed by atoms with van der Waals surface area (Å²) in [5.74, 6) is 0. The molecule has 0 atom stereocenters. The van der Waals surface area contributed by atoms with Crippen molar-refractivity contribution in [3.05, 3.63) is 17.5 Å². The van der Waals surface area contributed by atoms with Crippen LogP contribution in [-0.2, 0) is 7.05 Å². The number of aromatic nitrogens is 4. The van der Waals surface area contributed by atoms with Gasteiger partial charge in [-0.05, 0) is 0 Å². The van der Waals surface area contributed by atoms with E-state index in [2.05, 4.69) is 15.3 Å². The summed E-state index contributed by atoms with van der Waals surface area (Å²) in [6.07, 6.45) is 3.34. The molecule has 0 bridgehead atoms. The Morgan fingerprint density at radius 3 is 3.00 bits per heavy atom. The van der Waals surface area contributed by atoms with E-state index in [9.17, 15) is 0 Å². The lowest BCUT2D eigenvalue weighted by molar-refractivity contribution is 0.794. The Labute approximate surface area is 67.8 Å². The van der Waals surface area contributed by atoms with Gasteiger partial charge in [-0.2, -0.15) is 10.2 Å². The van der Waals surface area contributed by atoms with Gasteiger partial charge in [0, 0.05) is 12.4 Å². The smallest absolute Gasteiger partial charge is 0.177 e. The van der Waals surface area contributed by atoms with Gasteiger partial charge in [0.2, 0.25) is 0 Å². The van der Waals surface area contributed by atoms with Gasteiger partial charge in [-0.1, -0.05) is 11.6 Å². The number of halogens is 1. The molecule has 56 valence electrons. The molecule has 0 fully saturated rings. The van der Waals surface area contributed by atoms with Crippen LogP contribution in [0, 0.1) is 0 Å². The molecular formula is C6H5ClN4. The molecule has 11 heavy (non-hydrogen) atoms. The zero-order chi connectivity index (χ0) is 7.84. The van der Waals surface area contributed by atoms with E-state index in [0.29, 0.717) is 5.15 Å². The summed E-state index contributed by atoms with van der Waals surface area (Å²) >= 11 is 5.77. The average molecular weight is 169 g/mol. The molecule has 0 radical (unpaired) electrons. The Bertz CT molecular complexity index is 394. The third kappa shape index (κ3) is 0.867. The molecule has 2 aromatic heterocycles. The van der Waals surface area contributed by atoms with Gasteiger partial charge in [0.1, 0.15) is 5.52 Å². The molecule has 0 aliphatic rings. The summed E-state index contributed by atoms with van der Waals surface area (Å²) in [4.78, 5) is 0. The summed E-state index contributed by atoms with van der Waals surface area (Å²) in [6.45, 7) is 0. The Morgan fingerprint density at radius 1 is 1.45 bits per heavy atom. The van der Waals surface area contributed by atoms with Crippen LogP contribution in [0.3, 0.4) is 0 Å². The van der Waals surface area contributed by atoms with Gasteiger partial charge in [0.15, 0.2) is 5.15 Å². The van der Waals surface area contributed by atoms with Crippen molar-refractivity contribution in [1.82, 2.24) is 20.0 Å². The predicted molar refractivity (Wildman–Crippen MR) is 41.3 cm³/mol. The second-order valence-corrected chi connectivity index (χ2v) is 2.57. The predicted octanol–water partition coefficient (Wildman–Crippen LogP) is 1.02. The van der Waals surface area contributed by atoms with Gasteiger partial charge >= 0.3 is 0 Å². The molecule has 0 aliphatic carbocycles. The molecule has 0 spiro atoms. The van der Waals surface area contributed by atoms with Crippen LogP contribution in [0.25, 0.3) is 10.9 Å². The molecule has 0 amide bonds. The van der Waals surface area contributed by atoms with Crippen molar-refractivity contribution in [1.29, 1.82) is 0 Å². The summed E-state index contributed by atoms with van der Waals surface area (Å²) in [5.41, 5.74) is 0.821. The Kier molecular flexibility index (Phi) is 1.29. The summed E-state index contributed by atoms with van der Waals surface area (Å²) in [6, 6.07) is 0. The number of hydrogen-bond donors (Lipinski definition) is 0. The molecule has 2 rings (SSSR count). The van der Waals surface area contributed by atoms with Crippen molar-refractivity contribution in [2.24, 2.45) is 7.05 Å². The van der Waals surface area contributed by atoms with E-state index >= 15 is 0 Å². The fraction of sp³-hybridized carbons (Fsp3) is 0.167. The summed E-state index contributed by atoms with van der Waals surface area (Å²) < 4.78 is 1.67. The Balaban J connectivity index is 2.96. The third-order valence-electron chi connectivity index (χ3n) is 1.50. The average Bonchev–Trinajstić information content (AvgIpc) is 2.34. The maximum atomic E-state index is 5.77. The SMILES string of the molecule is Cn1ncc2cnnc(Cl)c21. The zero-order valence-corrected chi connectivity index (χ0v) is 6.58. The standard InChI is InChI=1S/C6H5ClN4/c1-11-5-4(3-9-11)2-8-10-6(5)7/h2-3H,1H3. The highest BCUT2D eigenvalue weighted by Gasteiger charge is 2.04. The molecule has 0 aliphatic heterocycles. The van der Waals surface area contributed by atoms with Gasteiger partial charge in [0.25, 0.3) is 0 Å². The van der Waals surface area contributed by atoms with Gasteiger partial charge in [-0.25, -0.2) is 0 Å². The highest BCUT2D eigenvalue weighted by atomic mass is 35.5. The van der Waals surface area contributed by atoms with Crippen LogP contribution >= 0.6 is 11.6 Å². The lowest BCUT2D eigenvalue weighted by Gasteiger charge is -1.93. The minimum atomic E-state index is 0.391. The van der Waals surface area contributed by atoms with Gasteiger partial charge in [0.05, 0.1) is 12.4 Å². The van der Waals surface area contributed by atoms with E-state index in [1.807, 2.05) is 7.05 Å². The van der Waals surface area contributed by atoms with E-state index in [0.717, 1.165) is 10.9 Å². The number of fused-ring (bicyclic) bond motifs is 1. The topological polar surface area (TPSA) is 43.6 Å². The molecule has 0 unspecified atom stereocenters. The molecule has 0 saturated carbocycles. The van der Waals surface area contributed by atoms with Crippen LogP contribution in [0.15, 0.2) is 12.4 Å². The first-order valence-corrected chi connectivity index (χ1v) is 3.46. The van der Waals surface area contributed by atoms with Crippen molar-refractivity contribution in [3.8, 4) is 0 Å². The lowest BCUT2D eigenvalue weighted by Crippen LogP contribution is -1.91. The number of rotatable bonds is 0. The molecule has 0 N–H and O–H groups in total. The molecule has 0 aromatic carbocycles. The van der Waals surface area contributed by atoms with Crippen molar-refractivity contribution in [2.45, 2.75) is 0 Å². The zero-order valence-electron chi connectivity index (χ0n) is 5.82. The van der Waals surface area contributed by atoms with Crippen LogP contribution < -0.4 is 0 Å². The molecule has 2 aromatic rings. The first-order valence-electron chi connectivity index (χ1n) is 3.08. The fourth-order valence-electron chi connectivity index (χ4n) is 0.991. The van der Waals surface area contributed by atoms with Crippen molar-refractivity contribution in [2.75, 3.05) is 0 Å². The second kappa shape index (κ2) is 2.17. The summed E-state index contributed by atoms with van der Waals surface area (Å²) in [5, 5.41) is 12.7. The van der Waals surface area contributed by atoms with E-state index < -0.39 is 0 Å². The highest BCUT2D eigenvalue weighted by molar-refractivity contribution is 6.33. The molecule has 4 nitrogen and oxygen atoms in total. The molecular weight excluding hydrogens is 164 g/mol. The number of aryl methyl sites for hydroxylation is 1. The van der Waals surface area contributed by atoms with Crippen molar-refractivity contribution < 1.29 is 0 Å². The second-order valence-electron chi connectivity index (χ2n) is 2.21.